The summed E-state index contributed by atoms with van der Waals surface area (Å²) in [5.74, 6) is 1.08. The Morgan fingerprint density at radius 1 is 1.10 bits per heavy atom. The van der Waals surface area contributed by atoms with Crippen molar-refractivity contribution in [2.75, 3.05) is 0 Å². The second-order valence-corrected chi connectivity index (χ2v) is 8.19. The second-order valence-electron chi connectivity index (χ2n) is 8.19. The van der Waals surface area contributed by atoms with E-state index in [9.17, 15) is 9.59 Å². The first kappa shape index (κ1) is 12.8. The third kappa shape index (κ3) is 1.27. The molecule has 0 aliphatic heterocycles. The minimum absolute atomic E-state index is 0.0453. The summed E-state index contributed by atoms with van der Waals surface area (Å²) in [4.78, 5) is 25.0. The molecular weight excluding hydrogens is 248 g/mol. The van der Waals surface area contributed by atoms with E-state index in [0.717, 1.165) is 37.7 Å². The smallest absolute Gasteiger partial charge is 0.159 e. The van der Waals surface area contributed by atoms with Crippen LogP contribution in [-0.4, -0.2) is 11.6 Å². The molecular formula is C18H24O2. The van der Waals surface area contributed by atoms with Crippen LogP contribution in [-0.2, 0) is 9.59 Å². The number of allylic oxidation sites excluding steroid dienone is 2. The van der Waals surface area contributed by atoms with Crippen LogP contribution in [0.2, 0.25) is 0 Å². The Hall–Kier alpha value is -0.920. The van der Waals surface area contributed by atoms with Crippen molar-refractivity contribution in [2.24, 2.45) is 22.2 Å². The molecule has 2 nitrogen and oxygen atoms in total. The van der Waals surface area contributed by atoms with Gasteiger partial charge in [0, 0.05) is 23.7 Å². The van der Waals surface area contributed by atoms with Crippen molar-refractivity contribution < 1.29 is 9.59 Å². The van der Waals surface area contributed by atoms with Crippen molar-refractivity contribution in [3.8, 4) is 0 Å². The third-order valence-electron chi connectivity index (χ3n) is 7.37. The van der Waals surface area contributed by atoms with E-state index in [0.29, 0.717) is 30.3 Å². The van der Waals surface area contributed by atoms with Crippen LogP contribution in [0.25, 0.3) is 0 Å². The van der Waals surface area contributed by atoms with E-state index < -0.39 is 0 Å². The predicted molar refractivity (Wildman–Crippen MR) is 77.2 cm³/mol. The van der Waals surface area contributed by atoms with E-state index in [1.54, 1.807) is 0 Å². The Balaban J connectivity index is 1.88. The highest BCUT2D eigenvalue weighted by atomic mass is 16.1. The summed E-state index contributed by atoms with van der Waals surface area (Å²) in [6, 6.07) is 0. The summed E-state index contributed by atoms with van der Waals surface area (Å²) in [6.07, 6.45) is 10.1. The van der Waals surface area contributed by atoms with Gasteiger partial charge in [0.25, 0.3) is 0 Å². The van der Waals surface area contributed by atoms with Gasteiger partial charge in [-0.3, -0.25) is 9.59 Å². The second kappa shape index (κ2) is 3.64. The molecule has 4 atom stereocenters. The SMILES string of the molecule is C[C@]12CC[C@]3(C1)[C@@H](CC(=O)C1=CCCC[C@@]13C)CC2=O. The molecule has 0 N–H and O–H groups in total. The van der Waals surface area contributed by atoms with Gasteiger partial charge in [-0.15, -0.1) is 0 Å². The topological polar surface area (TPSA) is 34.1 Å². The summed E-state index contributed by atoms with van der Waals surface area (Å²) in [7, 11) is 0. The molecule has 0 saturated heterocycles. The molecule has 0 aromatic rings. The number of ketones is 2. The van der Waals surface area contributed by atoms with E-state index in [1.165, 1.54) is 6.42 Å². The van der Waals surface area contributed by atoms with Crippen molar-refractivity contribution >= 4 is 11.6 Å². The molecule has 0 aromatic heterocycles. The molecule has 0 radical (unpaired) electrons. The number of fused-ring (bicyclic) bond motifs is 2. The van der Waals surface area contributed by atoms with E-state index in [2.05, 4.69) is 19.9 Å². The first-order valence-electron chi connectivity index (χ1n) is 8.19. The van der Waals surface area contributed by atoms with Crippen LogP contribution < -0.4 is 0 Å². The fraction of sp³-hybridized carbons (Fsp3) is 0.778. The standard InChI is InChI=1S/C18H24O2/c1-16-7-8-18(11-16)12(10-15(16)20)9-14(19)13-5-3-4-6-17(13,18)2/h5,12H,3-4,6-11H2,1-2H3/t12-,16-,17-,18-/m0/s1. The molecule has 4 aliphatic rings. The molecule has 3 fully saturated rings. The van der Waals surface area contributed by atoms with Gasteiger partial charge in [-0.25, -0.2) is 0 Å². The quantitative estimate of drug-likeness (QED) is 0.671. The van der Waals surface area contributed by atoms with Crippen LogP contribution in [0.15, 0.2) is 11.6 Å². The van der Waals surface area contributed by atoms with Crippen molar-refractivity contribution in [3.63, 3.8) is 0 Å². The Labute approximate surface area is 121 Å². The van der Waals surface area contributed by atoms with Gasteiger partial charge in [0.2, 0.25) is 0 Å². The zero-order chi connectivity index (χ0) is 14.2. The lowest BCUT2D eigenvalue weighted by atomic mass is 9.44. The van der Waals surface area contributed by atoms with E-state index in [4.69, 9.17) is 0 Å². The van der Waals surface area contributed by atoms with Crippen LogP contribution in [0.5, 0.6) is 0 Å². The molecule has 0 unspecified atom stereocenters. The fourth-order valence-electron chi connectivity index (χ4n) is 6.15. The van der Waals surface area contributed by atoms with Crippen molar-refractivity contribution in [1.82, 2.24) is 0 Å². The highest BCUT2D eigenvalue weighted by Gasteiger charge is 2.67. The van der Waals surface area contributed by atoms with Crippen LogP contribution in [0, 0.1) is 22.2 Å². The monoisotopic (exact) mass is 272 g/mol. The minimum Gasteiger partial charge on any atom is -0.299 e. The van der Waals surface area contributed by atoms with Crippen LogP contribution in [0.3, 0.4) is 0 Å². The largest absolute Gasteiger partial charge is 0.299 e. The highest BCUT2D eigenvalue weighted by molar-refractivity contribution is 5.99. The molecule has 0 aromatic carbocycles. The lowest BCUT2D eigenvalue weighted by Gasteiger charge is -2.59. The zero-order valence-corrected chi connectivity index (χ0v) is 12.6. The molecule has 0 heterocycles. The number of carbonyl (C=O) groups excluding carboxylic acids is 2. The van der Waals surface area contributed by atoms with Crippen molar-refractivity contribution in [1.29, 1.82) is 0 Å². The first-order valence-corrected chi connectivity index (χ1v) is 8.19. The normalized spacial score (nSPS) is 50.5. The number of rotatable bonds is 0. The summed E-state index contributed by atoms with van der Waals surface area (Å²) >= 11 is 0. The maximum Gasteiger partial charge on any atom is 0.159 e. The van der Waals surface area contributed by atoms with Gasteiger partial charge in [0.05, 0.1) is 0 Å². The predicted octanol–water partition coefficient (Wildman–Crippen LogP) is 3.84. The third-order valence-corrected chi connectivity index (χ3v) is 7.37. The molecule has 4 rings (SSSR count). The number of hydrogen-bond donors (Lipinski definition) is 0. The highest BCUT2D eigenvalue weighted by Crippen LogP contribution is 2.72. The Morgan fingerprint density at radius 3 is 2.70 bits per heavy atom. The van der Waals surface area contributed by atoms with Crippen molar-refractivity contribution in [2.45, 2.75) is 65.2 Å². The maximum absolute atomic E-state index is 12.6. The Kier molecular flexibility index (Phi) is 2.33. The summed E-state index contributed by atoms with van der Waals surface area (Å²) in [5.41, 5.74) is 1.31. The van der Waals surface area contributed by atoms with Crippen LogP contribution in [0.4, 0.5) is 0 Å². The van der Waals surface area contributed by atoms with E-state index in [1.807, 2.05) is 0 Å². The zero-order valence-electron chi connectivity index (χ0n) is 12.6. The van der Waals surface area contributed by atoms with Crippen LogP contribution in [0.1, 0.15) is 65.2 Å². The average molecular weight is 272 g/mol. The summed E-state index contributed by atoms with van der Waals surface area (Å²) in [5, 5.41) is 0. The van der Waals surface area contributed by atoms with Crippen LogP contribution >= 0.6 is 0 Å². The first-order chi connectivity index (χ1) is 9.41. The number of hydrogen-bond acceptors (Lipinski definition) is 2. The van der Waals surface area contributed by atoms with Gasteiger partial charge >= 0.3 is 0 Å². The molecule has 3 saturated carbocycles. The molecule has 4 aliphatic carbocycles. The van der Waals surface area contributed by atoms with Gasteiger partial charge in [0.15, 0.2) is 5.78 Å². The molecule has 20 heavy (non-hydrogen) atoms. The molecule has 2 heteroatoms. The summed E-state index contributed by atoms with van der Waals surface area (Å²) < 4.78 is 0. The van der Waals surface area contributed by atoms with E-state index in [-0.39, 0.29) is 16.2 Å². The minimum atomic E-state index is -0.0948. The lowest BCUT2D eigenvalue weighted by Crippen LogP contribution is -2.55. The van der Waals surface area contributed by atoms with E-state index >= 15 is 0 Å². The van der Waals surface area contributed by atoms with Gasteiger partial charge < -0.3 is 0 Å². The molecule has 0 amide bonds. The fourth-order valence-corrected chi connectivity index (χ4v) is 6.15. The number of Topliss-reactive ketones (excluding diaryl/α,β-unsaturated/α-hetero) is 2. The Bertz CT molecular complexity index is 546. The number of carbonyl (C=O) groups is 2. The van der Waals surface area contributed by atoms with Gasteiger partial charge in [0.1, 0.15) is 5.78 Å². The van der Waals surface area contributed by atoms with Gasteiger partial charge in [-0.2, -0.15) is 0 Å². The van der Waals surface area contributed by atoms with Crippen molar-refractivity contribution in [3.05, 3.63) is 11.6 Å². The van der Waals surface area contributed by atoms with Gasteiger partial charge in [-0.1, -0.05) is 19.9 Å². The molecule has 1 spiro atoms. The van der Waals surface area contributed by atoms with Gasteiger partial charge in [-0.05, 0) is 55.4 Å². The maximum atomic E-state index is 12.6. The summed E-state index contributed by atoms with van der Waals surface area (Å²) in [6.45, 7) is 4.51. The molecule has 2 bridgehead atoms. The molecule has 108 valence electrons. The average Bonchev–Trinajstić information content (AvgIpc) is 2.73. The Morgan fingerprint density at radius 2 is 1.90 bits per heavy atom. The lowest BCUT2D eigenvalue weighted by molar-refractivity contribution is -0.144.